The van der Waals surface area contributed by atoms with Gasteiger partial charge in [-0.05, 0) is 34.1 Å². The van der Waals surface area contributed by atoms with Gasteiger partial charge in [-0.1, -0.05) is 5.16 Å². The third-order valence-corrected chi connectivity index (χ3v) is 3.12. The van der Waals surface area contributed by atoms with Crippen LogP contribution < -0.4 is 10.6 Å². The van der Waals surface area contributed by atoms with Gasteiger partial charge in [0, 0.05) is 17.1 Å². The van der Waals surface area contributed by atoms with Crippen LogP contribution in [0.5, 0.6) is 0 Å². The number of carboxylic acids is 1. The molecule has 0 aliphatic carbocycles. The van der Waals surface area contributed by atoms with Crippen molar-refractivity contribution >= 4 is 33.6 Å². The fraction of sp³-hybridized carbons (Fsp3) is 0.167. The lowest BCUT2D eigenvalue weighted by molar-refractivity contribution is 0.0696. The van der Waals surface area contributed by atoms with Crippen LogP contribution in [0.2, 0.25) is 0 Å². The van der Waals surface area contributed by atoms with Crippen LogP contribution in [0.3, 0.4) is 0 Å². The monoisotopic (exact) mass is 354 g/mol. The van der Waals surface area contributed by atoms with Crippen LogP contribution in [0.1, 0.15) is 22.1 Å². The van der Waals surface area contributed by atoms with E-state index in [9.17, 15) is 9.59 Å². The first-order valence-electron chi connectivity index (χ1n) is 5.82. The van der Waals surface area contributed by atoms with E-state index in [-0.39, 0.29) is 12.1 Å². The number of halogens is 1. The number of aryl methyl sites for hydroxylation is 1. The molecule has 0 spiro atoms. The number of amides is 2. The molecule has 0 saturated heterocycles. The number of aromatic carboxylic acids is 1. The number of hydrogen-bond donors (Lipinski definition) is 3. The van der Waals surface area contributed by atoms with Crippen molar-refractivity contribution in [3.63, 3.8) is 0 Å². The minimum Gasteiger partial charge on any atom is -0.478 e. The molecule has 0 aliphatic heterocycles. The van der Waals surface area contributed by atoms with Gasteiger partial charge in [0.15, 0.2) is 5.82 Å². The summed E-state index contributed by atoms with van der Waals surface area (Å²) in [6, 6.07) is 3.97. The van der Waals surface area contributed by atoms with Gasteiger partial charge in [0.05, 0.1) is 12.1 Å². The molecule has 0 aliphatic rings. The third kappa shape index (κ3) is 4.02. The number of carbonyl (C=O) groups is 2. The molecule has 1 heterocycles. The van der Waals surface area contributed by atoms with Crippen LogP contribution >= 0.6 is 15.9 Å². The minimum absolute atomic E-state index is 0.0570. The summed E-state index contributed by atoms with van der Waals surface area (Å²) in [5.74, 6) is -0.330. The average molecular weight is 355 g/mol. The minimum atomic E-state index is -1.09. The van der Waals surface area contributed by atoms with E-state index in [4.69, 9.17) is 9.63 Å². The van der Waals surface area contributed by atoms with E-state index in [2.05, 4.69) is 36.7 Å². The molecule has 0 atom stereocenters. The van der Waals surface area contributed by atoms with Crippen molar-refractivity contribution in [3.8, 4) is 0 Å². The number of carboxylic acid groups (broad SMARTS) is 1. The van der Waals surface area contributed by atoms with Crippen LogP contribution in [0, 0.1) is 6.92 Å². The van der Waals surface area contributed by atoms with Gasteiger partial charge in [0.1, 0.15) is 0 Å². The van der Waals surface area contributed by atoms with Crippen molar-refractivity contribution in [2.75, 3.05) is 5.32 Å². The van der Waals surface area contributed by atoms with Gasteiger partial charge >= 0.3 is 12.0 Å². The summed E-state index contributed by atoms with van der Waals surface area (Å²) >= 11 is 3.12. The Hall–Kier alpha value is -2.42. The predicted molar refractivity (Wildman–Crippen MR) is 76.0 cm³/mol. The summed E-state index contributed by atoms with van der Waals surface area (Å²) in [5, 5.41) is 17.7. The van der Waals surface area contributed by atoms with E-state index in [1.165, 1.54) is 6.07 Å². The first-order chi connectivity index (χ1) is 9.95. The van der Waals surface area contributed by atoms with Crippen molar-refractivity contribution in [2.24, 2.45) is 0 Å². The lowest BCUT2D eigenvalue weighted by atomic mass is 10.2. The quantitative estimate of drug-likeness (QED) is 0.774. The van der Waals surface area contributed by atoms with Crippen LogP contribution in [0.15, 0.2) is 27.2 Å². The van der Waals surface area contributed by atoms with Crippen LogP contribution in [-0.4, -0.2) is 27.2 Å². The highest BCUT2D eigenvalue weighted by Crippen LogP contribution is 2.21. The lowest BCUT2D eigenvalue weighted by Gasteiger charge is -2.07. The van der Waals surface area contributed by atoms with E-state index in [1.54, 1.807) is 19.1 Å². The number of anilines is 1. The Morgan fingerprint density at radius 1 is 1.43 bits per heavy atom. The molecule has 0 fully saturated rings. The Labute approximate surface area is 127 Å². The Balaban J connectivity index is 1.96. The molecule has 1 aromatic heterocycles. The lowest BCUT2D eigenvalue weighted by Crippen LogP contribution is -2.28. The first kappa shape index (κ1) is 15.0. The standard InChI is InChI=1S/C12H11BrN4O4/c1-6-15-10(17-21-6)5-14-12(20)16-7-2-3-9(13)8(4-7)11(18)19/h2-4H,5H2,1H3,(H,18,19)(H2,14,16,20). The van der Waals surface area contributed by atoms with Crippen LogP contribution in [-0.2, 0) is 6.54 Å². The molecule has 2 rings (SSSR count). The van der Waals surface area contributed by atoms with Crippen LogP contribution in [0.4, 0.5) is 10.5 Å². The van der Waals surface area contributed by atoms with Gasteiger partial charge in [0.2, 0.25) is 5.89 Å². The third-order valence-electron chi connectivity index (χ3n) is 2.43. The van der Waals surface area contributed by atoms with E-state index in [1.807, 2.05) is 0 Å². The molecule has 2 aromatic rings. The Morgan fingerprint density at radius 3 is 2.81 bits per heavy atom. The largest absolute Gasteiger partial charge is 0.478 e. The molecule has 0 bridgehead atoms. The van der Waals surface area contributed by atoms with Crippen LogP contribution in [0.25, 0.3) is 0 Å². The zero-order valence-corrected chi connectivity index (χ0v) is 12.5. The van der Waals surface area contributed by atoms with Crippen molar-refractivity contribution in [1.29, 1.82) is 0 Å². The smallest absolute Gasteiger partial charge is 0.336 e. The summed E-state index contributed by atoms with van der Waals surface area (Å²) < 4.78 is 5.20. The van der Waals surface area contributed by atoms with Crippen molar-refractivity contribution in [2.45, 2.75) is 13.5 Å². The van der Waals surface area contributed by atoms with E-state index >= 15 is 0 Å². The van der Waals surface area contributed by atoms with E-state index in [0.717, 1.165) is 0 Å². The number of nitrogens with zero attached hydrogens (tertiary/aromatic N) is 2. The zero-order chi connectivity index (χ0) is 15.4. The summed E-state index contributed by atoms with van der Waals surface area (Å²) in [6.45, 7) is 1.75. The van der Waals surface area contributed by atoms with Crippen molar-refractivity contribution in [3.05, 3.63) is 40.0 Å². The van der Waals surface area contributed by atoms with Gasteiger partial charge < -0.3 is 20.3 Å². The Bertz CT molecular complexity index is 686. The number of carbonyl (C=O) groups excluding carboxylic acids is 1. The summed E-state index contributed by atoms with van der Waals surface area (Å²) in [6.07, 6.45) is 0. The SMILES string of the molecule is Cc1nc(CNC(=O)Nc2ccc(Br)c(C(=O)O)c2)no1. The fourth-order valence-corrected chi connectivity index (χ4v) is 1.93. The van der Waals surface area contributed by atoms with Crippen molar-refractivity contribution < 1.29 is 19.2 Å². The summed E-state index contributed by atoms with van der Waals surface area (Å²) in [5.41, 5.74) is 0.416. The van der Waals surface area contributed by atoms with Gasteiger partial charge in [-0.25, -0.2) is 9.59 Å². The second-order valence-corrected chi connectivity index (χ2v) is 4.89. The second-order valence-electron chi connectivity index (χ2n) is 4.04. The molecule has 0 saturated carbocycles. The maximum Gasteiger partial charge on any atom is 0.336 e. The Morgan fingerprint density at radius 2 is 2.19 bits per heavy atom. The van der Waals surface area contributed by atoms with Gasteiger partial charge in [-0.15, -0.1) is 0 Å². The Kier molecular flexibility index (Phi) is 4.53. The highest BCUT2D eigenvalue weighted by atomic mass is 79.9. The molecule has 3 N–H and O–H groups in total. The molecule has 0 unspecified atom stereocenters. The zero-order valence-electron chi connectivity index (χ0n) is 10.9. The average Bonchev–Trinajstić information content (AvgIpc) is 2.84. The highest BCUT2D eigenvalue weighted by molar-refractivity contribution is 9.10. The molecule has 21 heavy (non-hydrogen) atoms. The molecule has 0 radical (unpaired) electrons. The summed E-state index contributed by atoms with van der Waals surface area (Å²) in [7, 11) is 0. The summed E-state index contributed by atoms with van der Waals surface area (Å²) in [4.78, 5) is 26.6. The number of nitrogens with one attached hydrogen (secondary N) is 2. The topological polar surface area (TPSA) is 117 Å². The highest BCUT2D eigenvalue weighted by Gasteiger charge is 2.11. The molecule has 2 amide bonds. The number of urea groups is 1. The molecular weight excluding hydrogens is 344 g/mol. The second kappa shape index (κ2) is 6.35. The van der Waals surface area contributed by atoms with Gasteiger partial charge in [0.25, 0.3) is 0 Å². The normalized spacial score (nSPS) is 10.2. The molecule has 8 nitrogen and oxygen atoms in total. The molecular formula is C12H11BrN4O4. The molecule has 1 aromatic carbocycles. The maximum absolute atomic E-state index is 11.7. The predicted octanol–water partition coefficient (Wildman–Crippen LogP) is 2.16. The maximum atomic E-state index is 11.7. The first-order valence-corrected chi connectivity index (χ1v) is 6.62. The van der Waals surface area contributed by atoms with Gasteiger partial charge in [-0.2, -0.15) is 4.98 Å². The molecule has 110 valence electrons. The van der Waals surface area contributed by atoms with Crippen molar-refractivity contribution in [1.82, 2.24) is 15.5 Å². The molecule has 9 heteroatoms. The number of benzene rings is 1. The number of aromatic nitrogens is 2. The number of rotatable bonds is 4. The van der Waals surface area contributed by atoms with Gasteiger partial charge in [-0.3, -0.25) is 0 Å². The van der Waals surface area contributed by atoms with E-state index in [0.29, 0.717) is 21.9 Å². The number of hydrogen-bond acceptors (Lipinski definition) is 5. The fourth-order valence-electron chi connectivity index (χ4n) is 1.51. The van der Waals surface area contributed by atoms with E-state index < -0.39 is 12.0 Å².